The Bertz CT molecular complexity index is 551. The fraction of sp³-hybridized carbons (Fsp3) is 0.455. The summed E-state index contributed by atoms with van der Waals surface area (Å²) < 4.78 is 40.1. The lowest BCUT2D eigenvalue weighted by Crippen LogP contribution is -2.33. The molecule has 1 unspecified atom stereocenters. The molecule has 0 aliphatic carbocycles. The zero-order chi connectivity index (χ0) is 14.6. The lowest BCUT2D eigenvalue weighted by molar-refractivity contribution is 0.279. The van der Waals surface area contributed by atoms with Crippen LogP contribution in [0.3, 0.4) is 0 Å². The third-order valence-electron chi connectivity index (χ3n) is 2.47. The standard InChI is InChI=1S/C11H16ClFN2O3S/c1-7(3-2-4-16)15-19(17,18)10-6-8(12)5-9(14)11(10)13/h5-7,15-16H,2-4,14H2,1H3. The summed E-state index contributed by atoms with van der Waals surface area (Å²) in [4.78, 5) is -0.576. The highest BCUT2D eigenvalue weighted by atomic mass is 35.5. The molecular weight excluding hydrogens is 295 g/mol. The molecule has 0 radical (unpaired) electrons. The average molecular weight is 311 g/mol. The van der Waals surface area contributed by atoms with Gasteiger partial charge in [0.05, 0.1) is 5.69 Å². The monoisotopic (exact) mass is 310 g/mol. The van der Waals surface area contributed by atoms with E-state index >= 15 is 0 Å². The van der Waals surface area contributed by atoms with Crippen LogP contribution in [0.15, 0.2) is 17.0 Å². The predicted octanol–water partition coefficient (Wildman–Crippen LogP) is 1.50. The molecule has 0 fully saturated rings. The number of hydrogen-bond donors (Lipinski definition) is 3. The van der Waals surface area contributed by atoms with Crippen LogP contribution >= 0.6 is 11.6 Å². The van der Waals surface area contributed by atoms with Gasteiger partial charge in [0.2, 0.25) is 10.0 Å². The zero-order valence-electron chi connectivity index (χ0n) is 10.4. The minimum absolute atomic E-state index is 0.0372. The number of nitrogens with two attached hydrogens (primary N) is 1. The Morgan fingerprint density at radius 3 is 2.74 bits per heavy atom. The molecule has 0 saturated heterocycles. The highest BCUT2D eigenvalue weighted by molar-refractivity contribution is 7.89. The van der Waals surface area contributed by atoms with Crippen molar-refractivity contribution in [2.24, 2.45) is 0 Å². The van der Waals surface area contributed by atoms with Crippen LogP contribution in [0.2, 0.25) is 5.02 Å². The number of nitrogens with one attached hydrogen (secondary N) is 1. The summed E-state index contributed by atoms with van der Waals surface area (Å²) in [5.41, 5.74) is 5.02. The second-order valence-corrected chi connectivity index (χ2v) is 6.31. The van der Waals surface area contributed by atoms with Crippen molar-refractivity contribution in [1.82, 2.24) is 4.72 Å². The first kappa shape index (κ1) is 16.2. The summed E-state index contributed by atoms with van der Waals surface area (Å²) in [6.07, 6.45) is 0.886. The number of aliphatic hydroxyl groups excluding tert-OH is 1. The third-order valence-corrected chi connectivity index (χ3v) is 4.28. The summed E-state index contributed by atoms with van der Waals surface area (Å²) in [5, 5.41) is 8.72. The van der Waals surface area contributed by atoms with Crippen molar-refractivity contribution in [2.75, 3.05) is 12.3 Å². The normalized spacial score (nSPS) is 13.5. The first-order valence-electron chi connectivity index (χ1n) is 5.65. The van der Waals surface area contributed by atoms with Crippen LogP contribution in [0.5, 0.6) is 0 Å². The molecule has 1 atom stereocenters. The van der Waals surface area contributed by atoms with Crippen molar-refractivity contribution in [3.8, 4) is 0 Å². The first-order valence-corrected chi connectivity index (χ1v) is 7.51. The second kappa shape index (κ2) is 6.51. The predicted molar refractivity (Wildman–Crippen MR) is 71.9 cm³/mol. The zero-order valence-corrected chi connectivity index (χ0v) is 11.9. The van der Waals surface area contributed by atoms with E-state index in [-0.39, 0.29) is 17.3 Å². The lowest BCUT2D eigenvalue weighted by Gasteiger charge is -2.14. The minimum atomic E-state index is -4.04. The van der Waals surface area contributed by atoms with E-state index < -0.39 is 26.8 Å². The Labute approximate surface area is 116 Å². The Kier molecular flexibility index (Phi) is 5.54. The van der Waals surface area contributed by atoms with Crippen molar-refractivity contribution in [1.29, 1.82) is 0 Å². The molecule has 0 aromatic heterocycles. The van der Waals surface area contributed by atoms with Gasteiger partial charge < -0.3 is 10.8 Å². The fourth-order valence-electron chi connectivity index (χ4n) is 1.56. The molecule has 1 rings (SSSR count). The van der Waals surface area contributed by atoms with Gasteiger partial charge in [-0.05, 0) is 31.9 Å². The summed E-state index contributed by atoms with van der Waals surface area (Å²) in [6, 6.07) is 1.72. The van der Waals surface area contributed by atoms with Gasteiger partial charge in [0.15, 0.2) is 5.82 Å². The third kappa shape index (κ3) is 4.31. The molecule has 8 heteroatoms. The molecule has 19 heavy (non-hydrogen) atoms. The number of halogens is 2. The van der Waals surface area contributed by atoms with Crippen LogP contribution in [-0.2, 0) is 10.0 Å². The molecule has 5 nitrogen and oxygen atoms in total. The molecule has 1 aromatic carbocycles. The molecule has 0 bridgehead atoms. The number of hydrogen-bond acceptors (Lipinski definition) is 4. The molecule has 0 saturated carbocycles. The number of aliphatic hydroxyl groups is 1. The van der Waals surface area contributed by atoms with Crippen molar-refractivity contribution < 1.29 is 17.9 Å². The van der Waals surface area contributed by atoms with Crippen molar-refractivity contribution >= 4 is 27.3 Å². The van der Waals surface area contributed by atoms with Gasteiger partial charge >= 0.3 is 0 Å². The van der Waals surface area contributed by atoms with Gasteiger partial charge in [-0.25, -0.2) is 17.5 Å². The van der Waals surface area contributed by atoms with Crippen LogP contribution in [-0.4, -0.2) is 26.2 Å². The van der Waals surface area contributed by atoms with Crippen LogP contribution in [0, 0.1) is 5.82 Å². The van der Waals surface area contributed by atoms with E-state index in [1.807, 2.05) is 0 Å². The van der Waals surface area contributed by atoms with E-state index in [0.717, 1.165) is 12.1 Å². The number of rotatable bonds is 6. The highest BCUT2D eigenvalue weighted by Gasteiger charge is 2.23. The quantitative estimate of drug-likeness (QED) is 0.694. The molecule has 0 aliphatic heterocycles. The molecule has 1 aromatic rings. The summed E-state index contributed by atoms with van der Waals surface area (Å²) in [6.45, 7) is 1.59. The number of sulfonamides is 1. The maximum absolute atomic E-state index is 13.7. The van der Waals surface area contributed by atoms with Crippen molar-refractivity contribution in [2.45, 2.75) is 30.7 Å². The molecule has 0 amide bonds. The van der Waals surface area contributed by atoms with Gasteiger partial charge in [-0.1, -0.05) is 11.6 Å². The van der Waals surface area contributed by atoms with Crippen LogP contribution < -0.4 is 10.5 Å². The van der Waals surface area contributed by atoms with E-state index in [1.165, 1.54) is 0 Å². The second-order valence-electron chi connectivity index (χ2n) is 4.20. The van der Waals surface area contributed by atoms with E-state index in [2.05, 4.69) is 4.72 Å². The summed E-state index contributed by atoms with van der Waals surface area (Å²) >= 11 is 5.68. The van der Waals surface area contributed by atoms with Crippen molar-refractivity contribution in [3.05, 3.63) is 23.0 Å². The first-order chi connectivity index (χ1) is 8.77. The molecule has 4 N–H and O–H groups in total. The van der Waals surface area contributed by atoms with Gasteiger partial charge in [-0.15, -0.1) is 0 Å². The smallest absolute Gasteiger partial charge is 0.243 e. The van der Waals surface area contributed by atoms with E-state index in [0.29, 0.717) is 12.8 Å². The molecule has 0 heterocycles. The van der Waals surface area contributed by atoms with Crippen LogP contribution in [0.1, 0.15) is 19.8 Å². The van der Waals surface area contributed by atoms with Gasteiger partial charge in [-0.2, -0.15) is 0 Å². The number of benzene rings is 1. The Morgan fingerprint density at radius 1 is 1.53 bits per heavy atom. The Hall–Kier alpha value is -0.890. The lowest BCUT2D eigenvalue weighted by atomic mass is 10.2. The van der Waals surface area contributed by atoms with Crippen LogP contribution in [0.4, 0.5) is 10.1 Å². The van der Waals surface area contributed by atoms with Gasteiger partial charge in [0, 0.05) is 17.7 Å². The number of nitrogen functional groups attached to an aromatic ring is 1. The van der Waals surface area contributed by atoms with E-state index in [9.17, 15) is 12.8 Å². The average Bonchev–Trinajstić information content (AvgIpc) is 2.30. The molecule has 108 valence electrons. The Balaban J connectivity index is 3.01. The Morgan fingerprint density at radius 2 is 2.16 bits per heavy atom. The number of anilines is 1. The highest BCUT2D eigenvalue weighted by Crippen LogP contribution is 2.25. The topological polar surface area (TPSA) is 92.4 Å². The SMILES string of the molecule is CC(CCCO)NS(=O)(=O)c1cc(Cl)cc(N)c1F. The van der Waals surface area contributed by atoms with E-state index in [4.69, 9.17) is 22.4 Å². The molecular formula is C11H16ClFN2O3S. The van der Waals surface area contributed by atoms with E-state index in [1.54, 1.807) is 6.92 Å². The minimum Gasteiger partial charge on any atom is -0.396 e. The maximum atomic E-state index is 13.7. The fourth-order valence-corrected chi connectivity index (χ4v) is 3.27. The summed E-state index contributed by atoms with van der Waals surface area (Å²) in [5.74, 6) is -1.02. The van der Waals surface area contributed by atoms with Gasteiger partial charge in [0.1, 0.15) is 4.90 Å². The van der Waals surface area contributed by atoms with Crippen molar-refractivity contribution in [3.63, 3.8) is 0 Å². The van der Waals surface area contributed by atoms with Crippen LogP contribution in [0.25, 0.3) is 0 Å². The summed E-state index contributed by atoms with van der Waals surface area (Å²) in [7, 11) is -4.04. The maximum Gasteiger partial charge on any atom is 0.243 e. The van der Waals surface area contributed by atoms with Gasteiger partial charge in [-0.3, -0.25) is 0 Å². The molecule has 0 spiro atoms. The molecule has 0 aliphatic rings. The van der Waals surface area contributed by atoms with Gasteiger partial charge in [0.25, 0.3) is 0 Å². The largest absolute Gasteiger partial charge is 0.396 e.